The Labute approximate surface area is 112 Å². The van der Waals surface area contributed by atoms with E-state index in [9.17, 15) is 0 Å². The Morgan fingerprint density at radius 2 is 2.06 bits per heavy atom. The van der Waals surface area contributed by atoms with Gasteiger partial charge in [0.05, 0.1) is 0 Å². The van der Waals surface area contributed by atoms with Crippen LogP contribution in [0.3, 0.4) is 0 Å². The van der Waals surface area contributed by atoms with E-state index in [2.05, 4.69) is 50.7 Å². The van der Waals surface area contributed by atoms with Crippen LogP contribution in [0.1, 0.15) is 38.3 Å². The summed E-state index contributed by atoms with van der Waals surface area (Å²) in [6.45, 7) is 6.57. The Morgan fingerprint density at radius 3 is 2.65 bits per heavy atom. The van der Waals surface area contributed by atoms with E-state index < -0.39 is 0 Å². The molecule has 0 aliphatic carbocycles. The molecular formula is C13H20BrN3. The monoisotopic (exact) mass is 297 g/mol. The summed E-state index contributed by atoms with van der Waals surface area (Å²) >= 11 is 3.57. The van der Waals surface area contributed by atoms with Crippen LogP contribution in [0.15, 0.2) is 12.4 Å². The van der Waals surface area contributed by atoms with E-state index in [0.717, 1.165) is 35.8 Å². The third-order valence-corrected chi connectivity index (χ3v) is 4.34. The molecule has 2 heterocycles. The molecule has 0 N–H and O–H groups in total. The molecule has 94 valence electrons. The van der Waals surface area contributed by atoms with Crippen molar-refractivity contribution in [1.82, 2.24) is 9.97 Å². The fraction of sp³-hybridized carbons (Fsp3) is 0.692. The number of alkyl halides is 1. The van der Waals surface area contributed by atoms with E-state index in [0.29, 0.717) is 5.92 Å². The lowest BCUT2D eigenvalue weighted by atomic mass is 9.99. The molecule has 0 amide bonds. The summed E-state index contributed by atoms with van der Waals surface area (Å²) in [5, 5.41) is 1.13. The minimum Gasteiger partial charge on any atom is -0.356 e. The quantitative estimate of drug-likeness (QED) is 0.802. The van der Waals surface area contributed by atoms with Crippen LogP contribution in [0.25, 0.3) is 0 Å². The summed E-state index contributed by atoms with van der Waals surface area (Å²) < 4.78 is 0. The normalized spacial score (nSPS) is 17.8. The van der Waals surface area contributed by atoms with Crippen LogP contribution in [-0.2, 0) is 0 Å². The van der Waals surface area contributed by atoms with Crippen molar-refractivity contribution in [3.05, 3.63) is 18.1 Å². The van der Waals surface area contributed by atoms with Gasteiger partial charge in [-0.2, -0.15) is 0 Å². The molecule has 1 aromatic heterocycles. The molecule has 17 heavy (non-hydrogen) atoms. The zero-order valence-electron chi connectivity index (χ0n) is 10.6. The molecule has 0 unspecified atom stereocenters. The molecule has 0 aromatic carbocycles. The second kappa shape index (κ2) is 5.80. The largest absolute Gasteiger partial charge is 0.356 e. The maximum Gasteiger partial charge on any atom is 0.132 e. The average molecular weight is 298 g/mol. The Kier molecular flexibility index (Phi) is 4.37. The maximum absolute atomic E-state index is 4.40. The average Bonchev–Trinajstić information content (AvgIpc) is 2.39. The molecule has 1 saturated heterocycles. The van der Waals surface area contributed by atoms with E-state index in [4.69, 9.17) is 0 Å². The van der Waals surface area contributed by atoms with Crippen molar-refractivity contribution in [2.24, 2.45) is 5.92 Å². The van der Waals surface area contributed by atoms with Crippen molar-refractivity contribution >= 4 is 21.7 Å². The Hall–Kier alpha value is -0.640. The van der Waals surface area contributed by atoms with E-state index in [1.165, 1.54) is 12.8 Å². The van der Waals surface area contributed by atoms with Crippen LogP contribution < -0.4 is 4.90 Å². The summed E-state index contributed by atoms with van der Waals surface area (Å²) in [6.07, 6.45) is 4.21. The van der Waals surface area contributed by atoms with Gasteiger partial charge in [0.15, 0.2) is 0 Å². The van der Waals surface area contributed by atoms with Crippen LogP contribution in [-0.4, -0.2) is 28.4 Å². The Balaban J connectivity index is 2.05. The predicted octanol–water partition coefficient (Wildman–Crippen LogP) is 3.21. The molecule has 4 heteroatoms. The third-order valence-electron chi connectivity index (χ3n) is 3.42. The second-order valence-electron chi connectivity index (χ2n) is 5.04. The summed E-state index contributed by atoms with van der Waals surface area (Å²) in [5.74, 6) is 2.39. The van der Waals surface area contributed by atoms with Crippen molar-refractivity contribution in [3.63, 3.8) is 0 Å². The van der Waals surface area contributed by atoms with Gasteiger partial charge in [0.25, 0.3) is 0 Å². The number of hydrogen-bond donors (Lipinski definition) is 0. The van der Waals surface area contributed by atoms with Crippen LogP contribution in [0, 0.1) is 5.92 Å². The van der Waals surface area contributed by atoms with E-state index in [-0.39, 0.29) is 0 Å². The highest BCUT2D eigenvalue weighted by molar-refractivity contribution is 9.09. The van der Waals surface area contributed by atoms with Crippen LogP contribution in [0.4, 0.5) is 5.82 Å². The highest BCUT2D eigenvalue weighted by Crippen LogP contribution is 2.24. The first-order valence-electron chi connectivity index (χ1n) is 6.33. The van der Waals surface area contributed by atoms with Crippen molar-refractivity contribution < 1.29 is 0 Å². The second-order valence-corrected chi connectivity index (χ2v) is 5.69. The van der Waals surface area contributed by atoms with Gasteiger partial charge in [-0.1, -0.05) is 29.8 Å². The standard InChI is InChI=1S/C13H20BrN3/c1-10(2)12-7-13(16-9-15-12)17-5-3-11(8-14)4-6-17/h7,9-11H,3-6,8H2,1-2H3. The van der Waals surface area contributed by atoms with Gasteiger partial charge in [-0.05, 0) is 24.7 Å². The number of nitrogens with zero attached hydrogens (tertiary/aromatic N) is 3. The van der Waals surface area contributed by atoms with E-state index in [1.807, 2.05) is 0 Å². The molecule has 0 bridgehead atoms. The van der Waals surface area contributed by atoms with Crippen molar-refractivity contribution in [3.8, 4) is 0 Å². The third kappa shape index (κ3) is 3.18. The lowest BCUT2D eigenvalue weighted by Crippen LogP contribution is -2.34. The van der Waals surface area contributed by atoms with Gasteiger partial charge in [-0.3, -0.25) is 0 Å². The number of hydrogen-bond acceptors (Lipinski definition) is 3. The summed E-state index contributed by atoms with van der Waals surface area (Å²) in [6, 6.07) is 2.14. The molecule has 3 nitrogen and oxygen atoms in total. The van der Waals surface area contributed by atoms with Gasteiger partial charge < -0.3 is 4.90 Å². The molecule has 1 fully saturated rings. The number of aromatic nitrogens is 2. The minimum absolute atomic E-state index is 0.469. The molecule has 0 saturated carbocycles. The minimum atomic E-state index is 0.469. The summed E-state index contributed by atoms with van der Waals surface area (Å²) in [7, 11) is 0. The van der Waals surface area contributed by atoms with Gasteiger partial charge in [0.2, 0.25) is 0 Å². The van der Waals surface area contributed by atoms with Crippen LogP contribution >= 0.6 is 15.9 Å². The topological polar surface area (TPSA) is 29.0 Å². The lowest BCUT2D eigenvalue weighted by molar-refractivity contribution is 0.445. The molecule has 0 atom stereocenters. The molecule has 1 aromatic rings. The molecular weight excluding hydrogens is 278 g/mol. The first-order chi connectivity index (χ1) is 8.20. The van der Waals surface area contributed by atoms with Crippen molar-refractivity contribution in [1.29, 1.82) is 0 Å². The zero-order valence-corrected chi connectivity index (χ0v) is 12.2. The first kappa shape index (κ1) is 12.8. The van der Waals surface area contributed by atoms with E-state index >= 15 is 0 Å². The van der Waals surface area contributed by atoms with Gasteiger partial charge in [0, 0.05) is 30.2 Å². The highest BCUT2D eigenvalue weighted by Gasteiger charge is 2.19. The van der Waals surface area contributed by atoms with Crippen molar-refractivity contribution in [2.75, 3.05) is 23.3 Å². The number of anilines is 1. The van der Waals surface area contributed by atoms with Crippen LogP contribution in [0.2, 0.25) is 0 Å². The Bertz CT molecular complexity index is 359. The molecule has 1 aliphatic rings. The predicted molar refractivity (Wildman–Crippen MR) is 74.9 cm³/mol. The fourth-order valence-corrected chi connectivity index (χ4v) is 2.81. The van der Waals surface area contributed by atoms with E-state index in [1.54, 1.807) is 6.33 Å². The molecule has 2 rings (SSSR count). The number of piperidine rings is 1. The van der Waals surface area contributed by atoms with Gasteiger partial charge in [-0.15, -0.1) is 0 Å². The maximum atomic E-state index is 4.40. The number of rotatable bonds is 3. The molecule has 1 aliphatic heterocycles. The van der Waals surface area contributed by atoms with Crippen molar-refractivity contribution in [2.45, 2.75) is 32.6 Å². The number of halogens is 1. The van der Waals surface area contributed by atoms with Gasteiger partial charge in [0.1, 0.15) is 12.1 Å². The summed E-state index contributed by atoms with van der Waals surface area (Å²) in [4.78, 5) is 11.1. The van der Waals surface area contributed by atoms with Gasteiger partial charge in [-0.25, -0.2) is 9.97 Å². The molecule has 0 spiro atoms. The lowest BCUT2D eigenvalue weighted by Gasteiger charge is -2.32. The van der Waals surface area contributed by atoms with Crippen LogP contribution in [0.5, 0.6) is 0 Å². The smallest absolute Gasteiger partial charge is 0.132 e. The molecule has 0 radical (unpaired) electrons. The van der Waals surface area contributed by atoms with Gasteiger partial charge >= 0.3 is 0 Å². The highest BCUT2D eigenvalue weighted by atomic mass is 79.9. The summed E-state index contributed by atoms with van der Waals surface area (Å²) in [5.41, 5.74) is 1.14. The Morgan fingerprint density at radius 1 is 1.35 bits per heavy atom. The first-order valence-corrected chi connectivity index (χ1v) is 7.45. The zero-order chi connectivity index (χ0) is 12.3. The SMILES string of the molecule is CC(C)c1cc(N2CCC(CBr)CC2)ncn1. The fourth-order valence-electron chi connectivity index (χ4n) is 2.17.